The number of carbonyl (C=O) groups is 1. The van der Waals surface area contributed by atoms with Crippen molar-refractivity contribution in [2.75, 3.05) is 37.9 Å². The maximum atomic E-state index is 15.1. The lowest BCUT2D eigenvalue weighted by molar-refractivity contribution is -0.117. The molecule has 2 aliphatic rings. The van der Waals surface area contributed by atoms with E-state index in [0.29, 0.717) is 61.8 Å². The molecule has 4 unspecified atom stereocenters. The van der Waals surface area contributed by atoms with Gasteiger partial charge in [0.1, 0.15) is 5.82 Å². The lowest BCUT2D eigenvalue weighted by Crippen LogP contribution is -2.57. The number of anilines is 1. The quantitative estimate of drug-likeness (QED) is 0.402. The molecule has 2 N–H and O–H groups in total. The monoisotopic (exact) mass is 605 g/mol. The maximum Gasteiger partial charge on any atom is 0.355 e. The highest BCUT2D eigenvalue weighted by Gasteiger charge is 2.43. The molecule has 2 aromatic rings. The van der Waals surface area contributed by atoms with Crippen LogP contribution in [0.15, 0.2) is 42.5 Å². The van der Waals surface area contributed by atoms with Crippen LogP contribution in [0.4, 0.5) is 10.1 Å². The molecule has 4 rings (SSSR count). The van der Waals surface area contributed by atoms with Crippen molar-refractivity contribution in [3.05, 3.63) is 69.3 Å². The second-order valence-corrected chi connectivity index (χ2v) is 13.3. The molecular weight excluding hydrogens is 567 g/mol. The largest absolute Gasteiger partial charge is 0.381 e. The fourth-order valence-corrected chi connectivity index (χ4v) is 7.85. The Hall–Kier alpha value is -2.55. The Morgan fingerprint density at radius 2 is 1.93 bits per heavy atom. The molecule has 0 saturated carbocycles. The smallest absolute Gasteiger partial charge is 0.355 e. The molecule has 11 heteroatoms. The summed E-state index contributed by atoms with van der Waals surface area (Å²) >= 11 is 6.13. The minimum absolute atomic E-state index is 0.115. The normalized spacial score (nSPS) is 22.0. The summed E-state index contributed by atoms with van der Waals surface area (Å²) in [6.07, 6.45) is 4.16. The van der Waals surface area contributed by atoms with Crippen LogP contribution in [0, 0.1) is 18.3 Å². The van der Waals surface area contributed by atoms with Crippen molar-refractivity contribution in [1.29, 1.82) is 0 Å². The Kier molecular flexibility index (Phi) is 10.8. The summed E-state index contributed by atoms with van der Waals surface area (Å²) in [5.41, 5.74) is 1.63. The molecule has 8 nitrogen and oxygen atoms in total. The van der Waals surface area contributed by atoms with Crippen molar-refractivity contribution in [2.24, 2.45) is 5.92 Å². The van der Waals surface area contributed by atoms with Gasteiger partial charge in [0.2, 0.25) is 10.0 Å². The summed E-state index contributed by atoms with van der Waals surface area (Å²) < 4.78 is 47.0. The van der Waals surface area contributed by atoms with E-state index < -0.39 is 27.8 Å². The highest BCUT2D eigenvalue weighted by Crippen LogP contribution is 2.37. The van der Waals surface area contributed by atoms with Crippen LogP contribution in [0.5, 0.6) is 0 Å². The van der Waals surface area contributed by atoms with E-state index in [1.807, 2.05) is 19.1 Å². The van der Waals surface area contributed by atoms with Gasteiger partial charge in [-0.25, -0.2) is 12.8 Å². The number of hydrogen-bond acceptors (Lipinski definition) is 5. The fraction of sp³-hybridized carbons (Fsp3) is 0.533. The Labute approximate surface area is 247 Å². The van der Waals surface area contributed by atoms with E-state index >= 15 is 4.39 Å². The van der Waals surface area contributed by atoms with Crippen LogP contribution in [0.2, 0.25) is 5.02 Å². The Bertz CT molecular complexity index is 1350. The number of halogens is 2. The van der Waals surface area contributed by atoms with Gasteiger partial charge in [-0.1, -0.05) is 34.6 Å². The summed E-state index contributed by atoms with van der Waals surface area (Å²) in [7, 11) is -3.38. The van der Waals surface area contributed by atoms with Crippen molar-refractivity contribution < 1.29 is 22.3 Å². The third-order valence-electron chi connectivity index (χ3n) is 8.14. The topological polar surface area (TPSA) is 92.1 Å². The lowest BCUT2D eigenvalue weighted by atomic mass is 9.76. The summed E-state index contributed by atoms with van der Waals surface area (Å²) in [6.45, 7) is 10.1. The van der Waals surface area contributed by atoms with Gasteiger partial charge in [-0.3, -0.25) is 4.79 Å². The molecule has 2 aliphatic heterocycles. The molecule has 0 aliphatic carbocycles. The number of nitrogens with one attached hydrogen (secondary N) is 2. The minimum Gasteiger partial charge on any atom is -0.381 e. The van der Waals surface area contributed by atoms with Crippen molar-refractivity contribution in [3.8, 4) is 6.57 Å². The molecule has 2 saturated heterocycles. The zero-order valence-electron chi connectivity index (χ0n) is 23.6. The minimum atomic E-state index is -3.38. The van der Waals surface area contributed by atoms with Crippen LogP contribution in [-0.4, -0.2) is 69.3 Å². The molecule has 0 bridgehead atoms. The third kappa shape index (κ3) is 7.85. The molecule has 0 radical (unpaired) electrons. The van der Waals surface area contributed by atoms with E-state index in [1.165, 1.54) is 12.3 Å². The SMILES string of the molecule is C#[N+]C(C(=O)Nc1cccc(F)c1CCCC1CNCC(C)N1S(C)(=O)=O)C(c1ccc(Cl)cc1)C1CCOCC1. The summed E-state index contributed by atoms with van der Waals surface area (Å²) in [4.78, 5) is 17.7. The predicted octanol–water partition coefficient (Wildman–Crippen LogP) is 4.90. The summed E-state index contributed by atoms with van der Waals surface area (Å²) in [5.74, 6) is -1.04. The number of hydrogen-bond donors (Lipinski definition) is 2. The number of carbonyl (C=O) groups excluding carboxylic acids is 1. The average molecular weight is 606 g/mol. The number of rotatable bonds is 10. The maximum absolute atomic E-state index is 15.1. The molecule has 2 aromatic carbocycles. The molecular formula is C30H39ClFN4O4S+. The Balaban J connectivity index is 1.51. The molecule has 2 heterocycles. The number of amides is 1. The van der Waals surface area contributed by atoms with Gasteiger partial charge in [0, 0.05) is 54.7 Å². The van der Waals surface area contributed by atoms with Crippen LogP contribution in [-0.2, 0) is 26.0 Å². The molecule has 1 amide bonds. The second-order valence-electron chi connectivity index (χ2n) is 11.0. The van der Waals surface area contributed by atoms with Crippen LogP contribution in [0.25, 0.3) is 4.85 Å². The first-order valence-electron chi connectivity index (χ1n) is 14.1. The summed E-state index contributed by atoms with van der Waals surface area (Å²) in [6, 6.07) is 10.6. The van der Waals surface area contributed by atoms with Gasteiger partial charge >= 0.3 is 11.9 Å². The van der Waals surface area contributed by atoms with Crippen LogP contribution in [0.3, 0.4) is 0 Å². The lowest BCUT2D eigenvalue weighted by Gasteiger charge is -2.39. The number of benzene rings is 2. The first kappa shape index (κ1) is 31.4. The number of sulfonamides is 1. The standard InChI is InChI=1S/C30H38ClFN4O4S/c1-20-18-34-19-24(36(20)41(3,38)39)6-4-7-25-26(32)8-5-9-27(25)35-30(37)29(33-2)28(22-14-16-40-17-15-22)21-10-12-23(31)13-11-21/h2,5,8-13,20,22,24,28-29,34H,4,6-7,14-19H2,1,3H3/p+1. The van der Waals surface area contributed by atoms with E-state index in [-0.39, 0.29) is 23.9 Å². The predicted molar refractivity (Wildman–Crippen MR) is 161 cm³/mol. The molecule has 2 fully saturated rings. The number of piperazine rings is 1. The van der Waals surface area contributed by atoms with Gasteiger partial charge in [-0.2, -0.15) is 4.31 Å². The number of nitrogens with zero attached hydrogens (tertiary/aromatic N) is 2. The molecule has 222 valence electrons. The zero-order chi connectivity index (χ0) is 29.6. The molecule has 4 atom stereocenters. The van der Waals surface area contributed by atoms with Crippen molar-refractivity contribution in [2.45, 2.75) is 63.1 Å². The molecule has 41 heavy (non-hydrogen) atoms. The van der Waals surface area contributed by atoms with Crippen LogP contribution < -0.4 is 10.6 Å². The van der Waals surface area contributed by atoms with E-state index in [2.05, 4.69) is 15.5 Å². The van der Waals surface area contributed by atoms with Gasteiger partial charge in [0.05, 0.1) is 12.2 Å². The zero-order valence-corrected chi connectivity index (χ0v) is 25.1. The van der Waals surface area contributed by atoms with Crippen molar-refractivity contribution in [1.82, 2.24) is 9.62 Å². The third-order valence-corrected chi connectivity index (χ3v) is 9.81. The Morgan fingerprint density at radius 3 is 2.59 bits per heavy atom. The van der Waals surface area contributed by atoms with Crippen molar-refractivity contribution in [3.63, 3.8) is 0 Å². The number of ether oxygens (including phenoxy) is 1. The Morgan fingerprint density at radius 1 is 1.22 bits per heavy atom. The first-order valence-corrected chi connectivity index (χ1v) is 16.3. The van der Waals surface area contributed by atoms with Crippen LogP contribution in [0.1, 0.15) is 49.7 Å². The fourth-order valence-electron chi connectivity index (χ4n) is 6.27. The van der Waals surface area contributed by atoms with E-state index in [0.717, 1.165) is 18.4 Å². The van der Waals surface area contributed by atoms with Gasteiger partial charge in [0.15, 0.2) is 0 Å². The first-order chi connectivity index (χ1) is 19.6. The highest BCUT2D eigenvalue weighted by atomic mass is 35.5. The van der Waals surface area contributed by atoms with E-state index in [1.54, 1.807) is 28.6 Å². The van der Waals surface area contributed by atoms with Crippen molar-refractivity contribution >= 4 is 33.2 Å². The van der Waals surface area contributed by atoms with Gasteiger partial charge in [-0.15, -0.1) is 0 Å². The second kappa shape index (κ2) is 14.1. The highest BCUT2D eigenvalue weighted by molar-refractivity contribution is 7.88. The molecule has 0 aromatic heterocycles. The van der Waals surface area contributed by atoms with Gasteiger partial charge < -0.3 is 15.4 Å². The van der Waals surface area contributed by atoms with Crippen LogP contribution >= 0.6 is 11.6 Å². The summed E-state index contributed by atoms with van der Waals surface area (Å²) in [5, 5.41) is 6.78. The molecule has 0 spiro atoms. The van der Waals surface area contributed by atoms with Gasteiger partial charge in [-0.05, 0) is 74.8 Å². The average Bonchev–Trinajstić information content (AvgIpc) is 2.93. The van der Waals surface area contributed by atoms with E-state index in [4.69, 9.17) is 22.9 Å². The van der Waals surface area contributed by atoms with Gasteiger partial charge in [0.25, 0.3) is 6.57 Å². The van der Waals surface area contributed by atoms with E-state index in [9.17, 15) is 13.2 Å².